The van der Waals surface area contributed by atoms with Crippen LogP contribution in [0.3, 0.4) is 0 Å². The van der Waals surface area contributed by atoms with Gasteiger partial charge in [-0.25, -0.2) is 0 Å². The van der Waals surface area contributed by atoms with Crippen LogP contribution in [0, 0.1) is 0 Å². The second kappa shape index (κ2) is 8.20. The minimum absolute atomic E-state index is 0.0914. The molecule has 0 saturated heterocycles. The summed E-state index contributed by atoms with van der Waals surface area (Å²) in [6.07, 6.45) is 1.81. The number of hydrogen-bond acceptors (Lipinski definition) is 3. The highest BCUT2D eigenvalue weighted by atomic mass is 35.5. The van der Waals surface area contributed by atoms with E-state index in [0.717, 1.165) is 16.8 Å². The second-order valence-corrected chi connectivity index (χ2v) is 6.91. The van der Waals surface area contributed by atoms with Crippen molar-refractivity contribution in [2.45, 2.75) is 0 Å². The van der Waals surface area contributed by atoms with Crippen LogP contribution in [-0.4, -0.2) is 18.4 Å². The Morgan fingerprint density at radius 3 is 2.55 bits per heavy atom. The molecule has 0 atom stereocenters. The lowest BCUT2D eigenvalue weighted by atomic mass is 10.0. The molecule has 144 valence electrons. The number of anilines is 2. The molecule has 0 aromatic heterocycles. The van der Waals surface area contributed by atoms with Crippen molar-refractivity contribution in [2.75, 3.05) is 17.2 Å². The highest BCUT2D eigenvalue weighted by molar-refractivity contribution is 6.36. The maximum atomic E-state index is 12.2. The molecule has 2 amide bonds. The molecule has 6 heteroatoms. The largest absolute Gasteiger partial charge is 0.484 e. The highest BCUT2D eigenvalue weighted by Gasteiger charge is 2.24. The summed E-state index contributed by atoms with van der Waals surface area (Å²) in [4.78, 5) is 24.2. The monoisotopic (exact) mass is 404 g/mol. The number of carbonyl (C=O) groups excluding carboxylic acids is 2. The molecule has 29 heavy (non-hydrogen) atoms. The normalized spacial score (nSPS) is 13.7. The molecule has 1 heterocycles. The molecule has 3 aromatic carbocycles. The Morgan fingerprint density at radius 2 is 1.79 bits per heavy atom. The van der Waals surface area contributed by atoms with Gasteiger partial charge in [0.2, 0.25) is 0 Å². The number of halogens is 1. The van der Waals surface area contributed by atoms with Crippen LogP contribution in [0.1, 0.15) is 11.1 Å². The van der Waals surface area contributed by atoms with Crippen molar-refractivity contribution < 1.29 is 14.3 Å². The van der Waals surface area contributed by atoms with Gasteiger partial charge in [-0.3, -0.25) is 9.59 Å². The zero-order valence-electron chi connectivity index (χ0n) is 15.3. The minimum atomic E-state index is -0.236. The van der Waals surface area contributed by atoms with Gasteiger partial charge in [0.25, 0.3) is 11.8 Å². The Bertz CT molecular complexity index is 1090. The van der Waals surface area contributed by atoms with E-state index < -0.39 is 0 Å². The minimum Gasteiger partial charge on any atom is -0.484 e. The zero-order valence-corrected chi connectivity index (χ0v) is 16.1. The third-order valence-corrected chi connectivity index (χ3v) is 4.62. The molecule has 0 saturated carbocycles. The lowest BCUT2D eigenvalue weighted by Crippen LogP contribution is -2.20. The van der Waals surface area contributed by atoms with E-state index in [1.165, 1.54) is 0 Å². The van der Waals surface area contributed by atoms with Gasteiger partial charge in [0.15, 0.2) is 6.61 Å². The van der Waals surface area contributed by atoms with E-state index in [4.69, 9.17) is 16.3 Å². The third kappa shape index (κ3) is 4.47. The van der Waals surface area contributed by atoms with Gasteiger partial charge in [-0.1, -0.05) is 48.0 Å². The van der Waals surface area contributed by atoms with E-state index in [0.29, 0.717) is 22.0 Å². The zero-order chi connectivity index (χ0) is 20.2. The predicted molar refractivity (Wildman–Crippen MR) is 115 cm³/mol. The molecule has 0 unspecified atom stereocenters. The number of fused-ring (bicyclic) bond motifs is 1. The number of benzene rings is 3. The van der Waals surface area contributed by atoms with Gasteiger partial charge >= 0.3 is 0 Å². The first-order valence-electron chi connectivity index (χ1n) is 8.99. The Balaban J connectivity index is 1.40. The van der Waals surface area contributed by atoms with E-state index >= 15 is 0 Å². The van der Waals surface area contributed by atoms with Crippen LogP contribution in [0.2, 0.25) is 5.02 Å². The number of hydrogen-bond donors (Lipinski definition) is 2. The van der Waals surface area contributed by atoms with Crippen molar-refractivity contribution in [2.24, 2.45) is 0 Å². The van der Waals surface area contributed by atoms with Crippen LogP contribution >= 0.6 is 11.6 Å². The fourth-order valence-corrected chi connectivity index (χ4v) is 3.18. The van der Waals surface area contributed by atoms with Crippen LogP contribution in [0.25, 0.3) is 11.6 Å². The SMILES string of the molecule is O=C(COc1ccc(/C=C2\C(=O)Nc3cc(Cl)ccc32)cc1)Nc1ccccc1. The average Bonchev–Trinajstić information content (AvgIpc) is 3.02. The van der Waals surface area contributed by atoms with Crippen molar-refractivity contribution in [3.05, 3.63) is 88.9 Å². The van der Waals surface area contributed by atoms with Gasteiger partial charge in [-0.05, 0) is 48.0 Å². The lowest BCUT2D eigenvalue weighted by Gasteiger charge is -2.08. The standard InChI is InChI=1S/C23H17ClN2O3/c24-16-8-11-19-20(23(28)26-21(19)13-16)12-15-6-9-18(10-7-15)29-14-22(27)25-17-4-2-1-3-5-17/h1-13H,14H2,(H,25,27)(H,26,28)/b20-12-. The number of carbonyl (C=O) groups is 2. The highest BCUT2D eigenvalue weighted by Crippen LogP contribution is 2.35. The Morgan fingerprint density at radius 1 is 1.03 bits per heavy atom. The summed E-state index contributed by atoms with van der Waals surface area (Å²) < 4.78 is 5.53. The molecule has 3 aromatic rings. The fourth-order valence-electron chi connectivity index (χ4n) is 3.00. The molecule has 0 aliphatic carbocycles. The molecule has 4 rings (SSSR count). The van der Waals surface area contributed by atoms with Crippen LogP contribution in [-0.2, 0) is 9.59 Å². The van der Waals surface area contributed by atoms with Gasteiger partial charge < -0.3 is 15.4 Å². The van der Waals surface area contributed by atoms with E-state index in [1.807, 2.05) is 48.5 Å². The second-order valence-electron chi connectivity index (χ2n) is 6.47. The molecular formula is C23H17ClN2O3. The average molecular weight is 405 g/mol. The van der Waals surface area contributed by atoms with Crippen molar-refractivity contribution >= 4 is 46.4 Å². The molecule has 2 N–H and O–H groups in total. The van der Waals surface area contributed by atoms with Gasteiger partial charge in [0, 0.05) is 21.8 Å². The third-order valence-electron chi connectivity index (χ3n) is 4.38. The summed E-state index contributed by atoms with van der Waals surface area (Å²) in [5, 5.41) is 6.15. The molecule has 0 fully saturated rings. The maximum Gasteiger partial charge on any atom is 0.262 e. The van der Waals surface area contributed by atoms with Crippen molar-refractivity contribution in [3.8, 4) is 5.75 Å². The maximum absolute atomic E-state index is 12.2. The first-order chi connectivity index (χ1) is 14.1. The molecule has 1 aliphatic heterocycles. The van der Waals surface area contributed by atoms with E-state index in [9.17, 15) is 9.59 Å². The van der Waals surface area contributed by atoms with Gasteiger partial charge in [-0.2, -0.15) is 0 Å². The van der Waals surface area contributed by atoms with E-state index in [-0.39, 0.29) is 18.4 Å². The van der Waals surface area contributed by atoms with E-state index in [2.05, 4.69) is 10.6 Å². The Hall–Kier alpha value is -3.57. The molecular weight excluding hydrogens is 388 g/mol. The van der Waals surface area contributed by atoms with Crippen LogP contribution in [0.5, 0.6) is 5.75 Å². The first kappa shape index (κ1) is 18.8. The van der Waals surface area contributed by atoms with E-state index in [1.54, 1.807) is 30.3 Å². The van der Waals surface area contributed by atoms with Crippen LogP contribution in [0.15, 0.2) is 72.8 Å². The van der Waals surface area contributed by atoms with Gasteiger partial charge in [-0.15, -0.1) is 0 Å². The summed E-state index contributed by atoms with van der Waals surface area (Å²) >= 11 is 5.98. The Kier molecular flexibility index (Phi) is 5.31. The molecule has 1 aliphatic rings. The number of amides is 2. The van der Waals surface area contributed by atoms with Crippen molar-refractivity contribution in [3.63, 3.8) is 0 Å². The summed E-state index contributed by atoms with van der Waals surface area (Å²) in [5.41, 5.74) is 3.67. The number of rotatable bonds is 5. The molecule has 0 bridgehead atoms. The summed E-state index contributed by atoms with van der Waals surface area (Å²) in [6, 6.07) is 21.7. The first-order valence-corrected chi connectivity index (χ1v) is 9.37. The summed E-state index contributed by atoms with van der Waals surface area (Å²) in [6.45, 7) is -0.0914. The number of para-hydroxylation sites is 1. The van der Waals surface area contributed by atoms with Gasteiger partial charge in [0.1, 0.15) is 5.75 Å². The number of nitrogens with one attached hydrogen (secondary N) is 2. The molecule has 0 radical (unpaired) electrons. The van der Waals surface area contributed by atoms with Crippen molar-refractivity contribution in [1.82, 2.24) is 0 Å². The fraction of sp³-hybridized carbons (Fsp3) is 0.0435. The smallest absolute Gasteiger partial charge is 0.262 e. The quantitative estimate of drug-likeness (QED) is 0.597. The van der Waals surface area contributed by atoms with Gasteiger partial charge in [0.05, 0.1) is 5.69 Å². The molecule has 0 spiro atoms. The summed E-state index contributed by atoms with van der Waals surface area (Å²) in [7, 11) is 0. The summed E-state index contributed by atoms with van der Waals surface area (Å²) in [5.74, 6) is 0.166. The number of ether oxygens (including phenoxy) is 1. The lowest BCUT2D eigenvalue weighted by molar-refractivity contribution is -0.118. The predicted octanol–water partition coefficient (Wildman–Crippen LogP) is 4.85. The molecule has 5 nitrogen and oxygen atoms in total. The Labute approximate surface area is 173 Å². The topological polar surface area (TPSA) is 67.4 Å². The van der Waals surface area contributed by atoms with Crippen LogP contribution in [0.4, 0.5) is 11.4 Å². The van der Waals surface area contributed by atoms with Crippen molar-refractivity contribution in [1.29, 1.82) is 0 Å². The van der Waals surface area contributed by atoms with Crippen LogP contribution < -0.4 is 15.4 Å².